The van der Waals surface area contributed by atoms with Crippen molar-refractivity contribution in [3.63, 3.8) is 0 Å². The fraction of sp³-hybridized carbons (Fsp3) is 1.00. The van der Waals surface area contributed by atoms with E-state index < -0.39 is 0 Å². The third-order valence-corrected chi connectivity index (χ3v) is 2.55. The van der Waals surface area contributed by atoms with Gasteiger partial charge in [0.25, 0.3) is 0 Å². The highest BCUT2D eigenvalue weighted by atomic mass is 16.5. The van der Waals surface area contributed by atoms with Crippen LogP contribution in [-0.4, -0.2) is 32.3 Å². The fourth-order valence-corrected chi connectivity index (χ4v) is 1.70. The minimum Gasteiger partial charge on any atom is -0.378 e. The lowest BCUT2D eigenvalue weighted by molar-refractivity contribution is -0.0383. The summed E-state index contributed by atoms with van der Waals surface area (Å²) in [5, 5.41) is 3.31. The van der Waals surface area contributed by atoms with Gasteiger partial charge in [-0.05, 0) is 38.9 Å². The quantitative estimate of drug-likeness (QED) is 0.612. The topological polar surface area (TPSA) is 47.3 Å². The molecular weight excluding hydrogens is 140 g/mol. The number of hydrogen-bond acceptors (Lipinski definition) is 3. The predicted molar refractivity (Wildman–Crippen MR) is 45.5 cm³/mol. The molecule has 11 heavy (non-hydrogen) atoms. The lowest BCUT2D eigenvalue weighted by Crippen LogP contribution is -2.44. The molecule has 0 amide bonds. The smallest absolute Gasteiger partial charge is 0.0715 e. The van der Waals surface area contributed by atoms with Crippen LogP contribution in [0.25, 0.3) is 0 Å². The van der Waals surface area contributed by atoms with E-state index in [9.17, 15) is 0 Å². The standard InChI is InChI=1S/C8H18N2O/c1-11-8(2-5-9)3-6-10-7-4-8/h10H,2-7,9H2,1H3. The third kappa shape index (κ3) is 2.15. The van der Waals surface area contributed by atoms with Crippen molar-refractivity contribution < 1.29 is 4.74 Å². The number of rotatable bonds is 3. The van der Waals surface area contributed by atoms with E-state index in [-0.39, 0.29) is 5.60 Å². The Morgan fingerprint density at radius 2 is 2.09 bits per heavy atom. The number of piperidine rings is 1. The molecule has 0 spiro atoms. The second-order valence-corrected chi connectivity index (χ2v) is 3.18. The highest BCUT2D eigenvalue weighted by Gasteiger charge is 2.30. The van der Waals surface area contributed by atoms with Gasteiger partial charge < -0.3 is 15.8 Å². The lowest BCUT2D eigenvalue weighted by Gasteiger charge is -2.36. The average Bonchev–Trinajstić information content (AvgIpc) is 2.07. The normalized spacial score (nSPS) is 23.5. The van der Waals surface area contributed by atoms with Crippen molar-refractivity contribution in [2.75, 3.05) is 26.7 Å². The second kappa shape index (κ2) is 4.04. The Morgan fingerprint density at radius 3 is 2.55 bits per heavy atom. The zero-order chi connectivity index (χ0) is 8.16. The monoisotopic (exact) mass is 158 g/mol. The van der Waals surface area contributed by atoms with Crippen molar-refractivity contribution in [2.24, 2.45) is 5.73 Å². The summed E-state index contributed by atoms with van der Waals surface area (Å²) in [4.78, 5) is 0. The number of nitrogens with two attached hydrogens (primary N) is 1. The van der Waals surface area contributed by atoms with Gasteiger partial charge in [0.2, 0.25) is 0 Å². The van der Waals surface area contributed by atoms with Crippen LogP contribution in [0.3, 0.4) is 0 Å². The SMILES string of the molecule is COC1(CCN)CCNCC1. The van der Waals surface area contributed by atoms with Crippen molar-refractivity contribution in [3.05, 3.63) is 0 Å². The maximum atomic E-state index is 5.52. The van der Waals surface area contributed by atoms with Crippen LogP contribution < -0.4 is 11.1 Å². The summed E-state index contributed by atoms with van der Waals surface area (Å²) in [7, 11) is 1.79. The Balaban J connectivity index is 2.42. The van der Waals surface area contributed by atoms with Crippen LogP contribution in [0.2, 0.25) is 0 Å². The zero-order valence-corrected chi connectivity index (χ0v) is 7.23. The molecule has 1 heterocycles. The molecular formula is C8H18N2O. The Morgan fingerprint density at radius 1 is 1.45 bits per heavy atom. The molecule has 3 N–H and O–H groups in total. The molecule has 0 aromatic rings. The van der Waals surface area contributed by atoms with Crippen LogP contribution in [0.1, 0.15) is 19.3 Å². The lowest BCUT2D eigenvalue weighted by atomic mass is 9.89. The molecule has 1 rings (SSSR count). The Hall–Kier alpha value is -0.120. The van der Waals surface area contributed by atoms with E-state index in [1.807, 2.05) is 0 Å². The van der Waals surface area contributed by atoms with Gasteiger partial charge in [-0.2, -0.15) is 0 Å². The summed E-state index contributed by atoms with van der Waals surface area (Å²) in [6.45, 7) is 2.86. The van der Waals surface area contributed by atoms with Crippen molar-refractivity contribution in [3.8, 4) is 0 Å². The first-order valence-electron chi connectivity index (χ1n) is 4.29. The summed E-state index contributed by atoms with van der Waals surface area (Å²) in [6.07, 6.45) is 3.19. The van der Waals surface area contributed by atoms with E-state index in [0.717, 1.165) is 38.9 Å². The summed E-state index contributed by atoms with van der Waals surface area (Å²) >= 11 is 0. The zero-order valence-electron chi connectivity index (χ0n) is 7.23. The number of nitrogens with one attached hydrogen (secondary N) is 1. The van der Waals surface area contributed by atoms with E-state index in [1.165, 1.54) is 0 Å². The fourth-order valence-electron chi connectivity index (χ4n) is 1.70. The highest BCUT2D eigenvalue weighted by Crippen LogP contribution is 2.25. The number of hydrogen-bond donors (Lipinski definition) is 2. The molecule has 0 radical (unpaired) electrons. The molecule has 1 saturated heterocycles. The molecule has 0 aromatic heterocycles. The van der Waals surface area contributed by atoms with Gasteiger partial charge in [0.05, 0.1) is 5.60 Å². The Kier molecular flexibility index (Phi) is 3.30. The molecule has 0 unspecified atom stereocenters. The molecule has 1 fully saturated rings. The van der Waals surface area contributed by atoms with Crippen LogP contribution in [0, 0.1) is 0 Å². The maximum absolute atomic E-state index is 5.52. The van der Waals surface area contributed by atoms with E-state index in [1.54, 1.807) is 7.11 Å². The molecule has 0 atom stereocenters. The first-order valence-corrected chi connectivity index (χ1v) is 4.29. The van der Waals surface area contributed by atoms with Crippen molar-refractivity contribution in [1.82, 2.24) is 5.32 Å². The average molecular weight is 158 g/mol. The van der Waals surface area contributed by atoms with Crippen LogP contribution >= 0.6 is 0 Å². The predicted octanol–water partition coefficient (Wildman–Crippen LogP) is 0.104. The van der Waals surface area contributed by atoms with E-state index >= 15 is 0 Å². The van der Waals surface area contributed by atoms with Gasteiger partial charge in [0, 0.05) is 7.11 Å². The second-order valence-electron chi connectivity index (χ2n) is 3.18. The van der Waals surface area contributed by atoms with E-state index in [4.69, 9.17) is 10.5 Å². The van der Waals surface area contributed by atoms with Crippen LogP contribution in [0.4, 0.5) is 0 Å². The van der Waals surface area contributed by atoms with E-state index in [0.29, 0.717) is 0 Å². The van der Waals surface area contributed by atoms with Gasteiger partial charge in [0.15, 0.2) is 0 Å². The molecule has 1 aliphatic heterocycles. The Labute approximate surface area is 68.3 Å². The molecule has 1 aliphatic rings. The van der Waals surface area contributed by atoms with Gasteiger partial charge in [-0.3, -0.25) is 0 Å². The van der Waals surface area contributed by atoms with Gasteiger partial charge in [-0.25, -0.2) is 0 Å². The molecule has 3 heteroatoms. The minimum absolute atomic E-state index is 0.0833. The van der Waals surface area contributed by atoms with Crippen molar-refractivity contribution in [2.45, 2.75) is 24.9 Å². The molecule has 0 aromatic carbocycles. The minimum atomic E-state index is 0.0833. The largest absolute Gasteiger partial charge is 0.378 e. The first-order chi connectivity index (χ1) is 5.33. The van der Waals surface area contributed by atoms with Gasteiger partial charge in [-0.15, -0.1) is 0 Å². The molecule has 0 saturated carbocycles. The summed E-state index contributed by atoms with van der Waals surface area (Å²) in [5.74, 6) is 0. The summed E-state index contributed by atoms with van der Waals surface area (Å²) in [6, 6.07) is 0. The van der Waals surface area contributed by atoms with Gasteiger partial charge in [-0.1, -0.05) is 0 Å². The molecule has 0 bridgehead atoms. The number of ether oxygens (including phenoxy) is 1. The van der Waals surface area contributed by atoms with Gasteiger partial charge in [0.1, 0.15) is 0 Å². The van der Waals surface area contributed by atoms with Crippen molar-refractivity contribution >= 4 is 0 Å². The third-order valence-electron chi connectivity index (χ3n) is 2.55. The molecule has 66 valence electrons. The van der Waals surface area contributed by atoms with Crippen LogP contribution in [0.15, 0.2) is 0 Å². The molecule has 0 aliphatic carbocycles. The summed E-state index contributed by atoms with van der Waals surface area (Å²) in [5.41, 5.74) is 5.60. The first kappa shape index (κ1) is 8.97. The highest BCUT2D eigenvalue weighted by molar-refractivity contribution is 4.85. The summed E-state index contributed by atoms with van der Waals surface area (Å²) < 4.78 is 5.50. The Bertz CT molecular complexity index is 105. The van der Waals surface area contributed by atoms with Crippen LogP contribution in [0.5, 0.6) is 0 Å². The van der Waals surface area contributed by atoms with Crippen LogP contribution in [-0.2, 0) is 4.74 Å². The van der Waals surface area contributed by atoms with Gasteiger partial charge >= 0.3 is 0 Å². The number of methoxy groups -OCH3 is 1. The van der Waals surface area contributed by atoms with E-state index in [2.05, 4.69) is 5.32 Å². The maximum Gasteiger partial charge on any atom is 0.0715 e. The van der Waals surface area contributed by atoms with Crippen molar-refractivity contribution in [1.29, 1.82) is 0 Å². The molecule has 3 nitrogen and oxygen atoms in total.